The molecule has 0 saturated heterocycles. The van der Waals surface area contributed by atoms with Crippen LogP contribution in [0, 0.1) is 0 Å². The molecule has 76 valence electrons. The third kappa shape index (κ3) is 4.28. The normalized spacial score (nSPS) is 11.4. The molecule has 2 nitrogen and oxygen atoms in total. The number of halogens is 1. The van der Waals surface area contributed by atoms with Gasteiger partial charge in [0.25, 0.3) is 0 Å². The number of nitrogens with zero attached hydrogens (tertiary/aromatic N) is 1. The van der Waals surface area contributed by atoms with Crippen LogP contribution in [0.3, 0.4) is 0 Å². The van der Waals surface area contributed by atoms with Crippen molar-refractivity contribution in [2.45, 2.75) is 19.8 Å². The van der Waals surface area contributed by atoms with E-state index in [1.807, 2.05) is 37.3 Å². The Morgan fingerprint density at radius 3 is 2.71 bits per heavy atom. The standard InChI is InChI=1S/C11H15ClN2/c1-10(6-5-9-12)13-14-11-7-3-2-4-8-11/h2-4,7-8,14H,5-6,9H2,1H3. The second-order valence-corrected chi connectivity index (χ2v) is 3.50. The molecular weight excluding hydrogens is 196 g/mol. The molecule has 0 atom stereocenters. The summed E-state index contributed by atoms with van der Waals surface area (Å²) in [6.07, 6.45) is 1.93. The maximum absolute atomic E-state index is 5.59. The monoisotopic (exact) mass is 210 g/mol. The van der Waals surface area contributed by atoms with Crippen LogP contribution >= 0.6 is 11.6 Å². The Hall–Kier alpha value is -1.02. The Kier molecular flexibility index (Phi) is 5.08. The van der Waals surface area contributed by atoms with Gasteiger partial charge in [-0.3, -0.25) is 5.43 Å². The quantitative estimate of drug-likeness (QED) is 0.449. The van der Waals surface area contributed by atoms with Crippen LogP contribution < -0.4 is 5.43 Å². The van der Waals surface area contributed by atoms with Crippen LogP contribution in [-0.4, -0.2) is 11.6 Å². The third-order valence-electron chi connectivity index (χ3n) is 1.82. The van der Waals surface area contributed by atoms with E-state index in [1.165, 1.54) is 0 Å². The van der Waals surface area contributed by atoms with Crippen LogP contribution in [0.4, 0.5) is 5.69 Å². The third-order valence-corrected chi connectivity index (χ3v) is 2.09. The number of alkyl halides is 1. The van der Waals surface area contributed by atoms with E-state index in [0.29, 0.717) is 5.88 Å². The lowest BCUT2D eigenvalue weighted by Crippen LogP contribution is -1.97. The molecule has 0 radical (unpaired) electrons. The van der Waals surface area contributed by atoms with Crippen LogP contribution in [0.5, 0.6) is 0 Å². The Morgan fingerprint density at radius 2 is 2.07 bits per heavy atom. The topological polar surface area (TPSA) is 24.4 Å². The summed E-state index contributed by atoms with van der Waals surface area (Å²) in [5, 5.41) is 4.24. The largest absolute Gasteiger partial charge is 0.279 e. The van der Waals surface area contributed by atoms with Gasteiger partial charge in [-0.25, -0.2) is 0 Å². The van der Waals surface area contributed by atoms with Gasteiger partial charge in [0.15, 0.2) is 0 Å². The average molecular weight is 211 g/mol. The fourth-order valence-electron chi connectivity index (χ4n) is 1.05. The summed E-state index contributed by atoms with van der Waals surface area (Å²) in [4.78, 5) is 0. The first-order chi connectivity index (χ1) is 6.83. The highest BCUT2D eigenvalue weighted by Crippen LogP contribution is 2.05. The summed E-state index contributed by atoms with van der Waals surface area (Å²) in [6.45, 7) is 2.00. The molecular formula is C11H15ClN2. The zero-order chi connectivity index (χ0) is 10.2. The highest BCUT2D eigenvalue weighted by atomic mass is 35.5. The van der Waals surface area contributed by atoms with E-state index < -0.39 is 0 Å². The van der Waals surface area contributed by atoms with Crippen molar-refractivity contribution < 1.29 is 0 Å². The number of hydrazone groups is 1. The van der Waals surface area contributed by atoms with Gasteiger partial charge >= 0.3 is 0 Å². The van der Waals surface area contributed by atoms with Gasteiger partial charge in [0.1, 0.15) is 0 Å². The van der Waals surface area contributed by atoms with Gasteiger partial charge in [0.05, 0.1) is 5.69 Å². The summed E-state index contributed by atoms with van der Waals surface area (Å²) >= 11 is 5.59. The van der Waals surface area contributed by atoms with E-state index in [0.717, 1.165) is 24.2 Å². The molecule has 0 amide bonds. The Bertz CT molecular complexity index is 283. The summed E-state index contributed by atoms with van der Waals surface area (Å²) in [6, 6.07) is 9.91. The molecule has 1 N–H and O–H groups in total. The first-order valence-corrected chi connectivity index (χ1v) is 5.26. The van der Waals surface area contributed by atoms with Crippen molar-refractivity contribution in [2.24, 2.45) is 5.10 Å². The molecule has 3 heteroatoms. The van der Waals surface area contributed by atoms with Gasteiger partial charge in [-0.2, -0.15) is 5.10 Å². The molecule has 0 fully saturated rings. The molecule has 0 saturated carbocycles. The number of rotatable bonds is 5. The molecule has 0 heterocycles. The van der Waals surface area contributed by atoms with E-state index >= 15 is 0 Å². The van der Waals surface area contributed by atoms with Crippen molar-refractivity contribution in [1.29, 1.82) is 0 Å². The summed E-state index contributed by atoms with van der Waals surface area (Å²) in [5.74, 6) is 0.693. The first kappa shape index (κ1) is 11.1. The van der Waals surface area contributed by atoms with E-state index in [4.69, 9.17) is 11.6 Å². The molecule has 0 aliphatic carbocycles. The smallest absolute Gasteiger partial charge is 0.0561 e. The molecule has 0 aromatic heterocycles. The van der Waals surface area contributed by atoms with Crippen molar-refractivity contribution in [3.63, 3.8) is 0 Å². The Morgan fingerprint density at radius 1 is 1.36 bits per heavy atom. The molecule has 0 aliphatic rings. The number of benzene rings is 1. The van der Waals surface area contributed by atoms with Crippen LogP contribution in [0.15, 0.2) is 35.4 Å². The molecule has 1 aromatic rings. The van der Waals surface area contributed by atoms with Crippen LogP contribution in [0.2, 0.25) is 0 Å². The zero-order valence-electron chi connectivity index (χ0n) is 8.33. The van der Waals surface area contributed by atoms with E-state index in [9.17, 15) is 0 Å². The van der Waals surface area contributed by atoms with E-state index in [1.54, 1.807) is 0 Å². The molecule has 14 heavy (non-hydrogen) atoms. The lowest BCUT2D eigenvalue weighted by Gasteiger charge is -2.01. The summed E-state index contributed by atoms with van der Waals surface area (Å²) in [7, 11) is 0. The average Bonchev–Trinajstić information content (AvgIpc) is 2.25. The van der Waals surface area contributed by atoms with Crippen molar-refractivity contribution in [1.82, 2.24) is 0 Å². The second kappa shape index (κ2) is 6.44. The van der Waals surface area contributed by atoms with Crippen molar-refractivity contribution in [2.75, 3.05) is 11.3 Å². The molecule has 0 bridgehead atoms. The predicted octanol–water partition coefficient (Wildman–Crippen LogP) is 3.49. The minimum atomic E-state index is 0.693. The first-order valence-electron chi connectivity index (χ1n) is 4.73. The van der Waals surface area contributed by atoms with Gasteiger partial charge in [-0.05, 0) is 31.9 Å². The number of hydrogen-bond donors (Lipinski definition) is 1. The number of hydrogen-bond acceptors (Lipinski definition) is 2. The number of para-hydroxylation sites is 1. The van der Waals surface area contributed by atoms with E-state index in [-0.39, 0.29) is 0 Å². The highest BCUT2D eigenvalue weighted by molar-refractivity contribution is 6.17. The fraction of sp³-hybridized carbons (Fsp3) is 0.364. The Balaban J connectivity index is 2.39. The van der Waals surface area contributed by atoms with Crippen LogP contribution in [0.1, 0.15) is 19.8 Å². The lowest BCUT2D eigenvalue weighted by molar-refractivity contribution is 0.991. The van der Waals surface area contributed by atoms with Crippen molar-refractivity contribution in [3.8, 4) is 0 Å². The van der Waals surface area contributed by atoms with Crippen LogP contribution in [-0.2, 0) is 0 Å². The van der Waals surface area contributed by atoms with Gasteiger partial charge < -0.3 is 0 Å². The lowest BCUT2D eigenvalue weighted by atomic mass is 10.2. The zero-order valence-corrected chi connectivity index (χ0v) is 9.09. The van der Waals surface area contributed by atoms with Crippen molar-refractivity contribution >= 4 is 23.0 Å². The predicted molar refractivity (Wildman–Crippen MR) is 63.1 cm³/mol. The summed E-state index contributed by atoms with van der Waals surface area (Å²) < 4.78 is 0. The molecule has 0 aliphatic heterocycles. The second-order valence-electron chi connectivity index (χ2n) is 3.12. The van der Waals surface area contributed by atoms with Crippen molar-refractivity contribution in [3.05, 3.63) is 30.3 Å². The molecule has 0 spiro atoms. The minimum absolute atomic E-state index is 0.693. The molecule has 1 rings (SSSR count). The number of anilines is 1. The number of nitrogens with one attached hydrogen (secondary N) is 1. The summed E-state index contributed by atoms with van der Waals surface area (Å²) in [5.41, 5.74) is 5.09. The van der Waals surface area contributed by atoms with Gasteiger partial charge in [-0.15, -0.1) is 11.6 Å². The SMILES string of the molecule is CC(CCCCl)=NNc1ccccc1. The maximum atomic E-state index is 5.59. The Labute approximate surface area is 90.0 Å². The van der Waals surface area contributed by atoms with Crippen LogP contribution in [0.25, 0.3) is 0 Å². The minimum Gasteiger partial charge on any atom is -0.279 e. The molecule has 0 unspecified atom stereocenters. The fourth-order valence-corrected chi connectivity index (χ4v) is 1.18. The van der Waals surface area contributed by atoms with Gasteiger partial charge in [-0.1, -0.05) is 18.2 Å². The maximum Gasteiger partial charge on any atom is 0.0561 e. The van der Waals surface area contributed by atoms with Gasteiger partial charge in [0, 0.05) is 11.6 Å². The van der Waals surface area contributed by atoms with Gasteiger partial charge in [0.2, 0.25) is 0 Å². The highest BCUT2D eigenvalue weighted by Gasteiger charge is 1.91. The van der Waals surface area contributed by atoms with E-state index in [2.05, 4.69) is 10.5 Å². The molecule has 1 aromatic carbocycles.